The van der Waals surface area contributed by atoms with Crippen LogP contribution in [0.2, 0.25) is 0 Å². The van der Waals surface area contributed by atoms with Gasteiger partial charge >= 0.3 is 0 Å². The Kier molecular flexibility index (Phi) is 5.66. The number of hydrogen-bond acceptors (Lipinski definition) is 4. The smallest absolute Gasteiger partial charge is 0.261 e. The molecule has 0 fully saturated rings. The SMILES string of the molecule is CS(=O)(=O)O.NN=C(N)N. The van der Waals surface area contributed by atoms with Crippen molar-refractivity contribution in [1.29, 1.82) is 0 Å². The summed E-state index contributed by atoms with van der Waals surface area (Å²) >= 11 is 0. The lowest BCUT2D eigenvalue weighted by Gasteiger charge is -1.76. The van der Waals surface area contributed by atoms with E-state index in [1.54, 1.807) is 0 Å². The maximum absolute atomic E-state index is 9.19. The Hall–Kier alpha value is -1.02. The van der Waals surface area contributed by atoms with Crippen LogP contribution < -0.4 is 17.3 Å². The third-order valence-electron chi connectivity index (χ3n) is 0.149. The highest BCUT2D eigenvalue weighted by atomic mass is 32.2. The number of hydrazone groups is 1. The lowest BCUT2D eigenvalue weighted by molar-refractivity contribution is 0.490. The van der Waals surface area contributed by atoms with E-state index in [0.717, 1.165) is 0 Å². The van der Waals surface area contributed by atoms with Crippen LogP contribution in [0.3, 0.4) is 0 Å². The molecule has 0 aliphatic carbocycles. The molecule has 0 amide bonds. The van der Waals surface area contributed by atoms with Crippen LogP contribution in [-0.4, -0.2) is 25.2 Å². The van der Waals surface area contributed by atoms with Gasteiger partial charge in [-0.1, -0.05) is 0 Å². The summed E-state index contributed by atoms with van der Waals surface area (Å²) in [6.45, 7) is 0. The molecule has 0 aliphatic heterocycles. The van der Waals surface area contributed by atoms with Gasteiger partial charge in [0.05, 0.1) is 6.26 Å². The second kappa shape index (κ2) is 4.82. The molecule has 0 aromatic rings. The predicted octanol–water partition coefficient (Wildman–Crippen LogP) is -2.36. The first kappa shape index (κ1) is 11.7. The monoisotopic (exact) mass is 170 g/mol. The first-order valence-corrected chi connectivity index (χ1v) is 3.83. The van der Waals surface area contributed by atoms with Gasteiger partial charge < -0.3 is 17.3 Å². The lowest BCUT2D eigenvalue weighted by atomic mass is 11.1. The van der Waals surface area contributed by atoms with Gasteiger partial charge in [0.15, 0.2) is 0 Å². The van der Waals surface area contributed by atoms with Crippen molar-refractivity contribution in [3.8, 4) is 0 Å². The van der Waals surface area contributed by atoms with E-state index in [4.69, 9.17) is 16.0 Å². The zero-order chi connectivity index (χ0) is 8.78. The lowest BCUT2D eigenvalue weighted by Crippen LogP contribution is -2.23. The molecule has 10 heavy (non-hydrogen) atoms. The standard InChI is InChI=1S/CH6N4.CH4O3S/c2-1(3)5-4;1-5(2,3)4/h4H2,(H4,2,3,5);1H3,(H,2,3,4). The molecule has 8 heteroatoms. The van der Waals surface area contributed by atoms with Gasteiger partial charge in [0.1, 0.15) is 0 Å². The molecular formula is C2H10N4O3S. The maximum Gasteiger partial charge on any atom is 0.261 e. The van der Waals surface area contributed by atoms with Crippen molar-refractivity contribution in [2.45, 2.75) is 0 Å². The quantitative estimate of drug-likeness (QED) is 0.105. The molecule has 0 aliphatic rings. The highest BCUT2D eigenvalue weighted by Gasteiger charge is 1.81. The molecule has 62 valence electrons. The molecule has 0 bridgehead atoms. The van der Waals surface area contributed by atoms with Crippen LogP contribution >= 0.6 is 0 Å². The predicted molar refractivity (Wildman–Crippen MR) is 37.5 cm³/mol. The fraction of sp³-hybridized carbons (Fsp3) is 0.500. The molecule has 7 nitrogen and oxygen atoms in total. The van der Waals surface area contributed by atoms with Crippen LogP contribution in [-0.2, 0) is 10.1 Å². The van der Waals surface area contributed by atoms with E-state index < -0.39 is 10.1 Å². The summed E-state index contributed by atoms with van der Waals surface area (Å²) in [5, 5.41) is 2.86. The zero-order valence-corrected chi connectivity index (χ0v) is 6.17. The summed E-state index contributed by atoms with van der Waals surface area (Å²) in [6.07, 6.45) is 0.715. The summed E-state index contributed by atoms with van der Waals surface area (Å²) < 4.78 is 25.9. The van der Waals surface area contributed by atoms with Crippen molar-refractivity contribution in [2.24, 2.45) is 22.4 Å². The van der Waals surface area contributed by atoms with E-state index in [2.05, 4.69) is 10.9 Å². The van der Waals surface area contributed by atoms with Crippen LogP contribution in [0.15, 0.2) is 5.10 Å². The number of guanidine groups is 1. The average molecular weight is 170 g/mol. The Morgan fingerprint density at radius 2 is 1.60 bits per heavy atom. The van der Waals surface area contributed by atoms with Crippen molar-refractivity contribution in [1.82, 2.24) is 0 Å². The molecular weight excluding hydrogens is 160 g/mol. The number of nitrogens with zero attached hydrogens (tertiary/aromatic N) is 1. The second-order valence-corrected chi connectivity index (χ2v) is 2.75. The third kappa shape index (κ3) is 260. The molecule has 0 aromatic heterocycles. The molecule has 0 saturated heterocycles. The fourth-order valence-electron chi connectivity index (χ4n) is 0. The maximum atomic E-state index is 9.19. The second-order valence-electron chi connectivity index (χ2n) is 1.29. The summed E-state index contributed by atoms with van der Waals surface area (Å²) in [5.74, 6) is 4.42. The van der Waals surface area contributed by atoms with E-state index in [0.29, 0.717) is 6.26 Å². The van der Waals surface area contributed by atoms with Gasteiger partial charge in [-0.25, -0.2) is 0 Å². The molecule has 0 radical (unpaired) electrons. The first-order valence-electron chi connectivity index (χ1n) is 1.98. The van der Waals surface area contributed by atoms with E-state index in [-0.39, 0.29) is 5.96 Å². The molecule has 0 saturated carbocycles. The summed E-state index contributed by atoms with van der Waals surface area (Å²) in [5.41, 5.74) is 9.39. The highest BCUT2D eigenvalue weighted by Crippen LogP contribution is 1.60. The summed E-state index contributed by atoms with van der Waals surface area (Å²) in [7, 11) is -3.67. The number of rotatable bonds is 0. The van der Waals surface area contributed by atoms with Crippen molar-refractivity contribution in [2.75, 3.05) is 6.26 Å². The minimum absolute atomic E-state index is 0.0926. The van der Waals surface area contributed by atoms with Gasteiger partial charge in [-0.05, 0) is 0 Å². The van der Waals surface area contributed by atoms with E-state index in [9.17, 15) is 8.42 Å². The molecule has 0 aromatic carbocycles. The normalized spacial score (nSPS) is 9.00. The highest BCUT2D eigenvalue weighted by molar-refractivity contribution is 7.85. The Balaban J connectivity index is 0. The van der Waals surface area contributed by atoms with E-state index >= 15 is 0 Å². The Bertz CT molecular complexity index is 183. The Labute approximate surface area is 58.6 Å². The minimum Gasteiger partial charge on any atom is -0.369 e. The van der Waals surface area contributed by atoms with Crippen molar-refractivity contribution in [3.05, 3.63) is 0 Å². The number of hydrogen-bond donors (Lipinski definition) is 4. The Morgan fingerprint density at radius 1 is 1.50 bits per heavy atom. The molecule has 7 N–H and O–H groups in total. The summed E-state index contributed by atoms with van der Waals surface area (Å²) in [6, 6.07) is 0. The zero-order valence-electron chi connectivity index (χ0n) is 5.35. The van der Waals surface area contributed by atoms with Gasteiger partial charge in [-0.2, -0.15) is 8.42 Å². The van der Waals surface area contributed by atoms with Crippen molar-refractivity contribution >= 4 is 16.1 Å². The molecule has 0 spiro atoms. The van der Waals surface area contributed by atoms with Gasteiger partial charge in [-0.3, -0.25) is 4.55 Å². The first-order chi connectivity index (χ1) is 4.27. The molecule has 0 atom stereocenters. The fourth-order valence-corrected chi connectivity index (χ4v) is 0. The minimum atomic E-state index is -3.67. The number of nitrogens with two attached hydrogens (primary N) is 3. The van der Waals surface area contributed by atoms with Crippen LogP contribution in [0.4, 0.5) is 0 Å². The third-order valence-corrected chi connectivity index (χ3v) is 0.149. The van der Waals surface area contributed by atoms with Crippen LogP contribution in [0.1, 0.15) is 0 Å². The van der Waals surface area contributed by atoms with E-state index in [1.807, 2.05) is 0 Å². The average Bonchev–Trinajstić information content (AvgIpc) is 1.61. The molecule has 0 rings (SSSR count). The topological polar surface area (TPSA) is 145 Å². The molecule has 0 unspecified atom stereocenters. The molecule has 0 heterocycles. The van der Waals surface area contributed by atoms with Gasteiger partial charge in [0, 0.05) is 0 Å². The van der Waals surface area contributed by atoms with Crippen LogP contribution in [0, 0.1) is 0 Å². The summed E-state index contributed by atoms with van der Waals surface area (Å²) in [4.78, 5) is 0. The van der Waals surface area contributed by atoms with Gasteiger partial charge in [0.2, 0.25) is 5.96 Å². The van der Waals surface area contributed by atoms with Crippen molar-refractivity contribution < 1.29 is 13.0 Å². The van der Waals surface area contributed by atoms with Crippen LogP contribution in [0.5, 0.6) is 0 Å². The van der Waals surface area contributed by atoms with Gasteiger partial charge in [0.25, 0.3) is 10.1 Å². The Morgan fingerprint density at radius 3 is 1.60 bits per heavy atom. The van der Waals surface area contributed by atoms with Gasteiger partial charge in [-0.15, -0.1) is 5.10 Å². The van der Waals surface area contributed by atoms with Crippen LogP contribution in [0.25, 0.3) is 0 Å². The van der Waals surface area contributed by atoms with Crippen molar-refractivity contribution in [3.63, 3.8) is 0 Å². The largest absolute Gasteiger partial charge is 0.369 e. The van der Waals surface area contributed by atoms with E-state index in [1.165, 1.54) is 0 Å².